The lowest BCUT2D eigenvalue weighted by molar-refractivity contribution is 0.362. The van der Waals surface area contributed by atoms with Gasteiger partial charge in [0.1, 0.15) is 0 Å². The predicted molar refractivity (Wildman–Crippen MR) is 63.4 cm³/mol. The monoisotopic (exact) mass is 195 g/mol. The molecule has 1 nitrogen and oxygen atoms in total. The zero-order valence-electron chi connectivity index (χ0n) is 10.6. The highest BCUT2D eigenvalue weighted by Gasteiger charge is 2.39. The van der Waals surface area contributed by atoms with Gasteiger partial charge in [0.2, 0.25) is 0 Å². The first-order valence-corrected chi connectivity index (χ1v) is 5.77. The summed E-state index contributed by atoms with van der Waals surface area (Å²) in [6.45, 7) is 13.6. The highest BCUT2D eigenvalue weighted by molar-refractivity contribution is 5.40. The van der Waals surface area contributed by atoms with Gasteiger partial charge in [0.05, 0.1) is 0 Å². The topological polar surface area (TPSA) is 12.0 Å². The molecule has 1 aliphatic carbocycles. The van der Waals surface area contributed by atoms with E-state index in [-0.39, 0.29) is 5.54 Å². The molecule has 1 unspecified atom stereocenters. The third-order valence-corrected chi connectivity index (χ3v) is 2.74. The van der Waals surface area contributed by atoms with Gasteiger partial charge in [0.25, 0.3) is 0 Å². The van der Waals surface area contributed by atoms with E-state index < -0.39 is 0 Å². The van der Waals surface area contributed by atoms with Gasteiger partial charge in [-0.2, -0.15) is 0 Å². The molecule has 1 N–H and O–H groups in total. The molecule has 1 rings (SSSR count). The lowest BCUT2D eigenvalue weighted by atomic mass is 9.96. The van der Waals surface area contributed by atoms with Gasteiger partial charge >= 0.3 is 0 Å². The van der Waals surface area contributed by atoms with Crippen molar-refractivity contribution in [3.8, 4) is 0 Å². The van der Waals surface area contributed by atoms with Gasteiger partial charge in [-0.25, -0.2) is 0 Å². The zero-order valence-corrected chi connectivity index (χ0v) is 10.6. The summed E-state index contributed by atoms with van der Waals surface area (Å²) >= 11 is 0. The standard InChI is InChI=1S/C13H25N/c1-7-8-11(14-12(2,3)4)10-9-13(10,5)6/h9,11,14H,7-8H2,1-6H3. The molecule has 1 atom stereocenters. The van der Waals surface area contributed by atoms with Crippen molar-refractivity contribution in [2.24, 2.45) is 5.41 Å². The minimum absolute atomic E-state index is 0.222. The molecule has 1 aliphatic rings. The molecule has 0 radical (unpaired) electrons. The molecule has 0 aliphatic heterocycles. The molecule has 0 bridgehead atoms. The molecule has 1 heteroatoms. The summed E-state index contributed by atoms with van der Waals surface area (Å²) in [5, 5.41) is 3.71. The Kier molecular flexibility index (Phi) is 3.10. The van der Waals surface area contributed by atoms with Crippen LogP contribution in [0.25, 0.3) is 0 Å². The number of hydrogen-bond acceptors (Lipinski definition) is 1. The van der Waals surface area contributed by atoms with E-state index in [1.54, 1.807) is 5.57 Å². The molecular weight excluding hydrogens is 170 g/mol. The van der Waals surface area contributed by atoms with E-state index in [9.17, 15) is 0 Å². The number of rotatable bonds is 4. The van der Waals surface area contributed by atoms with Crippen molar-refractivity contribution < 1.29 is 0 Å². The highest BCUT2D eigenvalue weighted by atomic mass is 15.0. The second-order valence-electron chi connectivity index (χ2n) is 6.06. The van der Waals surface area contributed by atoms with Crippen LogP contribution in [0.5, 0.6) is 0 Å². The van der Waals surface area contributed by atoms with Crippen LogP contribution in [0, 0.1) is 5.41 Å². The maximum Gasteiger partial charge on any atom is 0.0292 e. The second kappa shape index (κ2) is 3.69. The van der Waals surface area contributed by atoms with Gasteiger partial charge in [-0.3, -0.25) is 0 Å². The maximum absolute atomic E-state index is 3.71. The summed E-state index contributed by atoms with van der Waals surface area (Å²) in [6, 6.07) is 0.593. The van der Waals surface area contributed by atoms with Crippen LogP contribution < -0.4 is 5.32 Å². The van der Waals surface area contributed by atoms with Gasteiger partial charge in [0.15, 0.2) is 0 Å². The molecule has 0 amide bonds. The first-order valence-electron chi connectivity index (χ1n) is 5.77. The Hall–Kier alpha value is -0.300. The largest absolute Gasteiger partial charge is 0.306 e. The Morgan fingerprint density at radius 2 is 1.86 bits per heavy atom. The molecule has 0 saturated carbocycles. The Labute approximate surface area is 89.0 Å². The molecule has 82 valence electrons. The maximum atomic E-state index is 3.71. The molecular formula is C13H25N. The van der Waals surface area contributed by atoms with Crippen LogP contribution in [-0.4, -0.2) is 11.6 Å². The van der Waals surface area contributed by atoms with Crippen molar-refractivity contribution in [3.05, 3.63) is 11.6 Å². The summed E-state index contributed by atoms with van der Waals surface area (Å²) in [5.74, 6) is 0. The Bertz CT molecular complexity index is 230. The average molecular weight is 195 g/mol. The molecule has 0 saturated heterocycles. The molecule has 14 heavy (non-hydrogen) atoms. The van der Waals surface area contributed by atoms with Gasteiger partial charge in [-0.1, -0.05) is 33.3 Å². The lowest BCUT2D eigenvalue weighted by Gasteiger charge is -2.28. The summed E-state index contributed by atoms with van der Waals surface area (Å²) in [4.78, 5) is 0. The fourth-order valence-corrected chi connectivity index (χ4v) is 2.02. The van der Waals surface area contributed by atoms with Crippen LogP contribution in [0.3, 0.4) is 0 Å². The van der Waals surface area contributed by atoms with Crippen molar-refractivity contribution in [1.29, 1.82) is 0 Å². The van der Waals surface area contributed by atoms with Gasteiger partial charge in [0, 0.05) is 17.0 Å². The van der Waals surface area contributed by atoms with Crippen molar-refractivity contribution in [2.45, 2.75) is 66.0 Å². The highest BCUT2D eigenvalue weighted by Crippen LogP contribution is 2.46. The Morgan fingerprint density at radius 1 is 1.36 bits per heavy atom. The van der Waals surface area contributed by atoms with E-state index in [4.69, 9.17) is 0 Å². The van der Waals surface area contributed by atoms with E-state index in [1.165, 1.54) is 12.8 Å². The van der Waals surface area contributed by atoms with E-state index in [0.29, 0.717) is 11.5 Å². The number of allylic oxidation sites excluding steroid dienone is 1. The van der Waals surface area contributed by atoms with E-state index in [2.05, 4.69) is 52.9 Å². The summed E-state index contributed by atoms with van der Waals surface area (Å²) in [5.41, 5.74) is 2.21. The van der Waals surface area contributed by atoms with Crippen molar-refractivity contribution >= 4 is 0 Å². The van der Waals surface area contributed by atoms with Crippen LogP contribution in [0.2, 0.25) is 0 Å². The lowest BCUT2D eigenvalue weighted by Crippen LogP contribution is -2.44. The van der Waals surface area contributed by atoms with Crippen molar-refractivity contribution in [1.82, 2.24) is 5.32 Å². The quantitative estimate of drug-likeness (QED) is 0.677. The molecule has 0 aromatic rings. The molecule has 0 heterocycles. The summed E-state index contributed by atoms with van der Waals surface area (Å²) in [7, 11) is 0. The minimum Gasteiger partial charge on any atom is -0.306 e. The van der Waals surface area contributed by atoms with Crippen LogP contribution >= 0.6 is 0 Å². The predicted octanol–water partition coefficient (Wildman–Crippen LogP) is 3.51. The molecule has 0 fully saturated rings. The fraction of sp³-hybridized carbons (Fsp3) is 0.846. The van der Waals surface area contributed by atoms with Gasteiger partial charge in [-0.05, 0) is 32.8 Å². The van der Waals surface area contributed by atoms with Crippen LogP contribution in [0.4, 0.5) is 0 Å². The van der Waals surface area contributed by atoms with Crippen molar-refractivity contribution in [3.63, 3.8) is 0 Å². The Balaban J connectivity index is 2.54. The SMILES string of the molecule is CCCC(NC(C)(C)C)C1=CC1(C)C. The van der Waals surface area contributed by atoms with Gasteiger partial charge in [-0.15, -0.1) is 0 Å². The van der Waals surface area contributed by atoms with E-state index >= 15 is 0 Å². The summed E-state index contributed by atoms with van der Waals surface area (Å²) < 4.78 is 0. The minimum atomic E-state index is 0.222. The number of nitrogens with one attached hydrogen (secondary N) is 1. The van der Waals surface area contributed by atoms with Crippen LogP contribution in [0.1, 0.15) is 54.4 Å². The van der Waals surface area contributed by atoms with E-state index in [0.717, 1.165) is 0 Å². The van der Waals surface area contributed by atoms with Crippen LogP contribution in [-0.2, 0) is 0 Å². The van der Waals surface area contributed by atoms with Crippen LogP contribution in [0.15, 0.2) is 11.6 Å². The zero-order chi connectivity index (χ0) is 11.0. The molecule has 0 aromatic heterocycles. The third kappa shape index (κ3) is 3.13. The van der Waals surface area contributed by atoms with Crippen molar-refractivity contribution in [2.75, 3.05) is 0 Å². The molecule has 0 aromatic carbocycles. The first kappa shape index (κ1) is 11.8. The number of hydrogen-bond donors (Lipinski definition) is 1. The summed E-state index contributed by atoms with van der Waals surface area (Å²) in [6.07, 6.45) is 4.90. The normalized spacial score (nSPS) is 21.7. The fourth-order valence-electron chi connectivity index (χ4n) is 2.02. The smallest absolute Gasteiger partial charge is 0.0292 e. The molecule has 0 spiro atoms. The van der Waals surface area contributed by atoms with Gasteiger partial charge < -0.3 is 5.32 Å². The third-order valence-electron chi connectivity index (χ3n) is 2.74. The Morgan fingerprint density at radius 3 is 2.14 bits per heavy atom. The first-order chi connectivity index (χ1) is 6.26. The van der Waals surface area contributed by atoms with E-state index in [1.807, 2.05) is 0 Å². The second-order valence-corrected chi connectivity index (χ2v) is 6.06. The average Bonchev–Trinajstić information content (AvgIpc) is 2.56.